The zero-order valence-corrected chi connectivity index (χ0v) is 9.36. The van der Waals surface area contributed by atoms with Gasteiger partial charge in [0.2, 0.25) is 0 Å². The Morgan fingerprint density at radius 2 is 2.06 bits per heavy atom. The monoisotopic (exact) mass is 216 g/mol. The molecule has 0 atom stereocenters. The molecule has 1 aromatic carbocycles. The Labute approximate surface area is 95.3 Å². The van der Waals surface area contributed by atoms with E-state index in [-0.39, 0.29) is 11.9 Å². The lowest BCUT2D eigenvalue weighted by molar-refractivity contribution is 0.0940. The number of nitrogen functional groups attached to an aromatic ring is 1. The maximum absolute atomic E-state index is 12.0. The normalized spacial score (nSPS) is 15.3. The van der Waals surface area contributed by atoms with E-state index in [1.54, 1.807) is 6.07 Å². The maximum Gasteiger partial charge on any atom is 0.253 e. The predicted octanol–water partition coefficient (Wildman–Crippen LogP) is 2.03. The molecule has 3 heteroatoms. The first kappa shape index (κ1) is 10.7. The fourth-order valence-corrected chi connectivity index (χ4v) is 1.86. The quantitative estimate of drug-likeness (QED) is 0.587. The Bertz CT molecular complexity index is 430. The summed E-state index contributed by atoms with van der Waals surface area (Å²) in [7, 11) is 0. The van der Waals surface area contributed by atoms with E-state index in [0.717, 1.165) is 18.4 Å². The second-order valence-corrected chi connectivity index (χ2v) is 4.20. The van der Waals surface area contributed by atoms with Gasteiger partial charge in [0.05, 0.1) is 5.56 Å². The van der Waals surface area contributed by atoms with E-state index in [4.69, 9.17) is 5.73 Å². The van der Waals surface area contributed by atoms with Crippen molar-refractivity contribution >= 4 is 11.6 Å². The van der Waals surface area contributed by atoms with Crippen molar-refractivity contribution in [3.05, 3.63) is 41.5 Å². The van der Waals surface area contributed by atoms with Crippen LogP contribution in [0.3, 0.4) is 0 Å². The van der Waals surface area contributed by atoms with Gasteiger partial charge in [0.25, 0.3) is 5.91 Å². The summed E-state index contributed by atoms with van der Waals surface area (Å²) in [4.78, 5) is 12.0. The molecule has 16 heavy (non-hydrogen) atoms. The van der Waals surface area contributed by atoms with Gasteiger partial charge in [-0.05, 0) is 31.9 Å². The molecule has 0 aliphatic heterocycles. The van der Waals surface area contributed by atoms with Crippen molar-refractivity contribution < 1.29 is 4.79 Å². The summed E-state index contributed by atoms with van der Waals surface area (Å²) in [5.41, 5.74) is 7.95. The smallest absolute Gasteiger partial charge is 0.253 e. The first-order valence-corrected chi connectivity index (χ1v) is 5.49. The third-order valence-corrected chi connectivity index (χ3v) is 2.80. The van der Waals surface area contributed by atoms with Crippen LogP contribution in [-0.4, -0.2) is 11.9 Å². The third-order valence-electron chi connectivity index (χ3n) is 2.80. The van der Waals surface area contributed by atoms with Crippen molar-refractivity contribution in [2.45, 2.75) is 25.8 Å². The van der Waals surface area contributed by atoms with Crippen molar-refractivity contribution in [2.75, 3.05) is 5.73 Å². The number of anilines is 1. The Morgan fingerprint density at radius 3 is 2.75 bits per heavy atom. The number of rotatable bonds is 2. The lowest BCUT2D eigenvalue weighted by Crippen LogP contribution is -2.33. The molecule has 0 unspecified atom stereocenters. The van der Waals surface area contributed by atoms with Crippen LogP contribution in [0.15, 0.2) is 30.4 Å². The topological polar surface area (TPSA) is 55.1 Å². The lowest BCUT2D eigenvalue weighted by atomic mass is 10.1. The molecule has 1 aliphatic carbocycles. The van der Waals surface area contributed by atoms with Gasteiger partial charge in [0.15, 0.2) is 0 Å². The molecule has 0 spiro atoms. The van der Waals surface area contributed by atoms with Gasteiger partial charge in [-0.1, -0.05) is 23.8 Å². The van der Waals surface area contributed by atoms with Crippen LogP contribution in [0.5, 0.6) is 0 Å². The summed E-state index contributed by atoms with van der Waals surface area (Å²) in [5.74, 6) is -0.0742. The molecule has 1 amide bonds. The lowest BCUT2D eigenvalue weighted by Gasteiger charge is -2.13. The Balaban J connectivity index is 2.10. The molecule has 0 saturated heterocycles. The third kappa shape index (κ3) is 2.24. The molecule has 0 aromatic heterocycles. The van der Waals surface area contributed by atoms with Crippen molar-refractivity contribution in [3.8, 4) is 0 Å². The van der Waals surface area contributed by atoms with E-state index in [0.29, 0.717) is 11.3 Å². The minimum Gasteiger partial charge on any atom is -0.398 e. The second kappa shape index (κ2) is 4.39. The van der Waals surface area contributed by atoms with Crippen LogP contribution in [0.25, 0.3) is 0 Å². The molecule has 0 saturated carbocycles. The summed E-state index contributed by atoms with van der Waals surface area (Å²) in [6.07, 6.45) is 6.00. The van der Waals surface area contributed by atoms with Crippen LogP contribution in [0, 0.1) is 6.92 Å². The highest BCUT2D eigenvalue weighted by Gasteiger charge is 2.16. The number of benzene rings is 1. The van der Waals surface area contributed by atoms with E-state index < -0.39 is 0 Å². The van der Waals surface area contributed by atoms with E-state index >= 15 is 0 Å². The zero-order chi connectivity index (χ0) is 11.5. The Hall–Kier alpha value is -1.77. The molecule has 0 radical (unpaired) electrons. The standard InChI is InChI=1S/C13H16N2O/c1-9-6-7-12(14)11(8-9)13(16)15-10-4-2-3-5-10/h2-3,6-8,10H,4-5,14H2,1H3,(H,15,16). The van der Waals surface area contributed by atoms with E-state index in [1.165, 1.54) is 0 Å². The van der Waals surface area contributed by atoms with E-state index in [9.17, 15) is 4.79 Å². The summed E-state index contributed by atoms with van der Waals surface area (Å²) in [6.45, 7) is 1.95. The molecular formula is C13H16N2O. The van der Waals surface area contributed by atoms with Crippen molar-refractivity contribution in [2.24, 2.45) is 0 Å². The van der Waals surface area contributed by atoms with Gasteiger partial charge >= 0.3 is 0 Å². The number of carbonyl (C=O) groups is 1. The number of hydrogen-bond donors (Lipinski definition) is 2. The summed E-state index contributed by atoms with van der Waals surface area (Å²) in [5, 5.41) is 2.98. The summed E-state index contributed by atoms with van der Waals surface area (Å²) < 4.78 is 0. The van der Waals surface area contributed by atoms with Crippen molar-refractivity contribution in [3.63, 3.8) is 0 Å². The highest BCUT2D eigenvalue weighted by Crippen LogP contribution is 2.15. The van der Waals surface area contributed by atoms with Gasteiger partial charge < -0.3 is 11.1 Å². The molecule has 3 N–H and O–H groups in total. The maximum atomic E-state index is 12.0. The first-order valence-electron chi connectivity index (χ1n) is 5.49. The van der Waals surface area contributed by atoms with Crippen LogP contribution in [-0.2, 0) is 0 Å². The molecule has 3 nitrogen and oxygen atoms in total. The van der Waals surface area contributed by atoms with Crippen LogP contribution in [0.2, 0.25) is 0 Å². The molecule has 2 rings (SSSR count). The first-order chi connectivity index (χ1) is 7.66. The van der Waals surface area contributed by atoms with Crippen LogP contribution < -0.4 is 11.1 Å². The van der Waals surface area contributed by atoms with Crippen LogP contribution in [0.1, 0.15) is 28.8 Å². The Morgan fingerprint density at radius 1 is 1.38 bits per heavy atom. The second-order valence-electron chi connectivity index (χ2n) is 4.20. The number of aryl methyl sites for hydroxylation is 1. The van der Waals surface area contributed by atoms with Crippen LogP contribution >= 0.6 is 0 Å². The minimum atomic E-state index is -0.0742. The van der Waals surface area contributed by atoms with E-state index in [2.05, 4.69) is 17.5 Å². The fraction of sp³-hybridized carbons (Fsp3) is 0.308. The number of carbonyl (C=O) groups excluding carboxylic acids is 1. The average Bonchev–Trinajstić information content (AvgIpc) is 2.74. The van der Waals surface area contributed by atoms with Gasteiger partial charge in [-0.25, -0.2) is 0 Å². The van der Waals surface area contributed by atoms with Gasteiger partial charge in [-0.3, -0.25) is 4.79 Å². The Kier molecular flexibility index (Phi) is 2.95. The molecular weight excluding hydrogens is 200 g/mol. The molecule has 0 heterocycles. The molecule has 0 fully saturated rings. The molecule has 1 aliphatic rings. The fourth-order valence-electron chi connectivity index (χ4n) is 1.86. The van der Waals surface area contributed by atoms with Crippen molar-refractivity contribution in [1.29, 1.82) is 0 Å². The minimum absolute atomic E-state index is 0.0742. The van der Waals surface area contributed by atoms with Gasteiger partial charge in [-0.2, -0.15) is 0 Å². The molecule has 84 valence electrons. The average molecular weight is 216 g/mol. The zero-order valence-electron chi connectivity index (χ0n) is 9.36. The SMILES string of the molecule is Cc1ccc(N)c(C(=O)NC2CC=CC2)c1. The molecule has 0 bridgehead atoms. The number of amides is 1. The predicted molar refractivity (Wildman–Crippen MR) is 65.2 cm³/mol. The van der Waals surface area contributed by atoms with Gasteiger partial charge in [0, 0.05) is 11.7 Å². The number of hydrogen-bond acceptors (Lipinski definition) is 2. The molecule has 1 aromatic rings. The van der Waals surface area contributed by atoms with Crippen molar-refractivity contribution in [1.82, 2.24) is 5.32 Å². The highest BCUT2D eigenvalue weighted by atomic mass is 16.1. The van der Waals surface area contributed by atoms with Gasteiger partial charge in [-0.15, -0.1) is 0 Å². The number of nitrogens with one attached hydrogen (secondary N) is 1. The largest absolute Gasteiger partial charge is 0.398 e. The summed E-state index contributed by atoms with van der Waals surface area (Å²) in [6, 6.07) is 5.74. The number of nitrogens with two attached hydrogens (primary N) is 1. The van der Waals surface area contributed by atoms with E-state index in [1.807, 2.05) is 19.1 Å². The van der Waals surface area contributed by atoms with Gasteiger partial charge in [0.1, 0.15) is 0 Å². The summed E-state index contributed by atoms with van der Waals surface area (Å²) >= 11 is 0. The highest BCUT2D eigenvalue weighted by molar-refractivity contribution is 5.99. The van der Waals surface area contributed by atoms with Crippen LogP contribution in [0.4, 0.5) is 5.69 Å².